The molecule has 0 aliphatic heterocycles. The summed E-state index contributed by atoms with van der Waals surface area (Å²) < 4.78 is 14.8. The minimum Gasteiger partial charge on any atom is -0.508 e. The number of rotatable bonds is 5. The van der Waals surface area contributed by atoms with Crippen LogP contribution in [0.25, 0.3) is 22.3 Å². The topological polar surface area (TPSA) is 38.0 Å². The predicted molar refractivity (Wildman–Crippen MR) is 112 cm³/mol. The molecule has 0 aliphatic carbocycles. The molecule has 0 saturated heterocycles. The van der Waals surface area contributed by atoms with E-state index in [9.17, 15) is 9.50 Å². The van der Waals surface area contributed by atoms with E-state index in [1.807, 2.05) is 55.7 Å². The van der Waals surface area contributed by atoms with E-state index >= 15 is 0 Å². The standard InChI is InChI=1S/C16H14N2O.C7H15F/c1-11(2)12-6-7-16-15(8-12)17-10-18(16)13-4-3-5-14(19)9-13;1-4-6-7(3,8)5-2/h3-10,19H,1H2,2H3;4-6H2,1-3H3. The van der Waals surface area contributed by atoms with Crippen LogP contribution in [-0.4, -0.2) is 20.3 Å². The van der Waals surface area contributed by atoms with E-state index in [0.717, 1.165) is 34.3 Å². The number of phenols is 1. The summed E-state index contributed by atoms with van der Waals surface area (Å²) in [6.45, 7) is 11.5. The van der Waals surface area contributed by atoms with Crippen LogP contribution in [0.5, 0.6) is 5.75 Å². The molecule has 0 fully saturated rings. The summed E-state index contributed by atoms with van der Waals surface area (Å²) in [7, 11) is 0. The van der Waals surface area contributed by atoms with Gasteiger partial charge in [0.2, 0.25) is 0 Å². The monoisotopic (exact) mass is 368 g/mol. The summed E-state index contributed by atoms with van der Waals surface area (Å²) in [5, 5.41) is 9.56. The highest BCUT2D eigenvalue weighted by atomic mass is 19.1. The minimum absolute atomic E-state index is 0.248. The second kappa shape index (κ2) is 8.85. The first-order valence-corrected chi connectivity index (χ1v) is 9.38. The third kappa shape index (κ3) is 5.43. The molecule has 1 unspecified atom stereocenters. The van der Waals surface area contributed by atoms with E-state index in [2.05, 4.69) is 11.6 Å². The van der Waals surface area contributed by atoms with Crippen LogP contribution >= 0.6 is 0 Å². The Hall–Kier alpha value is -2.62. The highest BCUT2D eigenvalue weighted by Gasteiger charge is 2.17. The van der Waals surface area contributed by atoms with Crippen LogP contribution in [0.1, 0.15) is 52.5 Å². The van der Waals surface area contributed by atoms with Gasteiger partial charge in [-0.3, -0.25) is 4.57 Å². The van der Waals surface area contributed by atoms with Crippen LogP contribution in [-0.2, 0) is 0 Å². The summed E-state index contributed by atoms with van der Waals surface area (Å²) in [6, 6.07) is 13.2. The number of benzene rings is 2. The molecule has 1 N–H and O–H groups in total. The molecule has 0 saturated carbocycles. The Bertz CT molecular complexity index is 912. The average Bonchev–Trinajstić information content (AvgIpc) is 3.05. The van der Waals surface area contributed by atoms with Gasteiger partial charge in [-0.05, 0) is 56.5 Å². The lowest BCUT2D eigenvalue weighted by molar-refractivity contribution is 0.167. The first-order valence-electron chi connectivity index (χ1n) is 9.38. The van der Waals surface area contributed by atoms with Crippen molar-refractivity contribution in [3.05, 3.63) is 60.9 Å². The zero-order valence-corrected chi connectivity index (χ0v) is 16.7. The highest BCUT2D eigenvalue weighted by Crippen LogP contribution is 2.23. The van der Waals surface area contributed by atoms with Gasteiger partial charge < -0.3 is 5.11 Å². The number of aromatic nitrogens is 2. The molecule has 0 radical (unpaired) electrons. The summed E-state index contributed by atoms with van der Waals surface area (Å²) in [4.78, 5) is 4.41. The third-order valence-electron chi connectivity index (χ3n) is 4.66. The van der Waals surface area contributed by atoms with Crippen LogP contribution < -0.4 is 0 Å². The van der Waals surface area contributed by atoms with Crippen molar-refractivity contribution in [2.24, 2.45) is 0 Å². The number of fused-ring (bicyclic) bond motifs is 1. The quantitative estimate of drug-likeness (QED) is 0.545. The SMILES string of the molecule is C=C(C)c1ccc2c(c1)ncn2-c1cccc(O)c1.CCCC(C)(F)CC. The number of allylic oxidation sites excluding steroid dienone is 1. The van der Waals surface area contributed by atoms with Crippen molar-refractivity contribution in [3.8, 4) is 11.4 Å². The van der Waals surface area contributed by atoms with Crippen molar-refractivity contribution in [1.29, 1.82) is 0 Å². The molecule has 0 bridgehead atoms. The van der Waals surface area contributed by atoms with Crippen LogP contribution in [0, 0.1) is 0 Å². The summed E-state index contributed by atoms with van der Waals surface area (Å²) in [5.74, 6) is 0.248. The summed E-state index contributed by atoms with van der Waals surface area (Å²) in [5.41, 5.74) is 4.03. The van der Waals surface area contributed by atoms with Crippen molar-refractivity contribution in [2.45, 2.75) is 52.6 Å². The fraction of sp³-hybridized carbons (Fsp3) is 0.348. The summed E-state index contributed by atoms with van der Waals surface area (Å²) in [6.07, 6.45) is 4.05. The number of phenolic OH excluding ortho intramolecular Hbond substituents is 1. The molecular weight excluding hydrogens is 339 g/mol. The molecule has 1 aromatic heterocycles. The molecule has 0 spiro atoms. The van der Waals surface area contributed by atoms with Crippen LogP contribution in [0.2, 0.25) is 0 Å². The van der Waals surface area contributed by atoms with Gasteiger partial charge in [-0.25, -0.2) is 9.37 Å². The van der Waals surface area contributed by atoms with Crippen LogP contribution in [0.15, 0.2) is 55.4 Å². The zero-order valence-electron chi connectivity index (χ0n) is 16.7. The number of imidazole rings is 1. The van der Waals surface area contributed by atoms with E-state index in [1.165, 1.54) is 0 Å². The smallest absolute Gasteiger partial charge is 0.117 e. The first-order chi connectivity index (χ1) is 12.8. The Morgan fingerprint density at radius 2 is 1.96 bits per heavy atom. The first kappa shape index (κ1) is 20.7. The molecule has 3 nitrogen and oxygen atoms in total. The Balaban J connectivity index is 0.000000279. The average molecular weight is 368 g/mol. The maximum atomic E-state index is 12.8. The van der Waals surface area contributed by atoms with Gasteiger partial charge in [-0.15, -0.1) is 0 Å². The second-order valence-corrected chi connectivity index (χ2v) is 7.14. The lowest BCUT2D eigenvalue weighted by Gasteiger charge is -2.15. The van der Waals surface area contributed by atoms with Gasteiger partial charge in [0.1, 0.15) is 17.7 Å². The molecule has 1 heterocycles. The number of nitrogens with zero attached hydrogens (tertiary/aromatic N) is 2. The third-order valence-corrected chi connectivity index (χ3v) is 4.66. The fourth-order valence-electron chi connectivity index (χ4n) is 2.82. The number of hydrogen-bond donors (Lipinski definition) is 1. The molecule has 27 heavy (non-hydrogen) atoms. The largest absolute Gasteiger partial charge is 0.508 e. The minimum atomic E-state index is -0.908. The highest BCUT2D eigenvalue weighted by molar-refractivity contribution is 5.81. The van der Waals surface area contributed by atoms with Gasteiger partial charge in [0, 0.05) is 6.07 Å². The molecule has 3 aromatic rings. The Kier molecular flexibility index (Phi) is 6.78. The van der Waals surface area contributed by atoms with E-state index in [-0.39, 0.29) is 5.75 Å². The lowest BCUT2D eigenvalue weighted by atomic mass is 10.0. The fourth-order valence-corrected chi connectivity index (χ4v) is 2.82. The second-order valence-electron chi connectivity index (χ2n) is 7.14. The van der Waals surface area contributed by atoms with Crippen LogP contribution in [0.4, 0.5) is 4.39 Å². The van der Waals surface area contributed by atoms with E-state index in [1.54, 1.807) is 25.4 Å². The van der Waals surface area contributed by atoms with Crippen molar-refractivity contribution in [2.75, 3.05) is 0 Å². The number of alkyl halides is 1. The molecule has 144 valence electrons. The Labute approximate surface area is 161 Å². The molecule has 3 rings (SSSR count). The van der Waals surface area contributed by atoms with Crippen molar-refractivity contribution >= 4 is 16.6 Å². The zero-order chi connectivity index (χ0) is 20.0. The predicted octanol–water partition coefficient (Wildman–Crippen LogP) is 6.69. The molecule has 0 amide bonds. The van der Waals surface area contributed by atoms with Gasteiger partial charge in [-0.1, -0.05) is 44.6 Å². The molecule has 0 aliphatic rings. The molecular formula is C23H29FN2O. The maximum absolute atomic E-state index is 12.8. The van der Waals surface area contributed by atoms with Crippen molar-refractivity contribution in [3.63, 3.8) is 0 Å². The molecule has 1 atom stereocenters. The molecule has 2 aromatic carbocycles. The maximum Gasteiger partial charge on any atom is 0.117 e. The van der Waals surface area contributed by atoms with E-state index in [4.69, 9.17) is 0 Å². The number of hydrogen-bond acceptors (Lipinski definition) is 2. The molecule has 4 heteroatoms. The number of aromatic hydroxyl groups is 1. The Morgan fingerprint density at radius 1 is 1.22 bits per heavy atom. The number of halogens is 1. The van der Waals surface area contributed by atoms with E-state index < -0.39 is 5.67 Å². The van der Waals surface area contributed by atoms with Gasteiger partial charge in [0.25, 0.3) is 0 Å². The lowest BCUT2D eigenvalue weighted by Crippen LogP contribution is -2.14. The van der Waals surface area contributed by atoms with Crippen molar-refractivity contribution < 1.29 is 9.50 Å². The Morgan fingerprint density at radius 3 is 2.52 bits per heavy atom. The van der Waals surface area contributed by atoms with Gasteiger partial charge in [0.05, 0.1) is 16.7 Å². The van der Waals surface area contributed by atoms with E-state index in [0.29, 0.717) is 12.8 Å². The van der Waals surface area contributed by atoms with Crippen LogP contribution in [0.3, 0.4) is 0 Å². The van der Waals surface area contributed by atoms with Gasteiger partial charge in [0.15, 0.2) is 0 Å². The normalized spacial score (nSPS) is 12.9. The van der Waals surface area contributed by atoms with Crippen molar-refractivity contribution in [1.82, 2.24) is 9.55 Å². The van der Waals surface area contributed by atoms with Gasteiger partial charge in [-0.2, -0.15) is 0 Å². The van der Waals surface area contributed by atoms with Gasteiger partial charge >= 0.3 is 0 Å². The summed E-state index contributed by atoms with van der Waals surface area (Å²) >= 11 is 0.